The molecule has 0 spiro atoms. The highest BCUT2D eigenvalue weighted by atomic mass is 16.5. The van der Waals surface area contributed by atoms with E-state index in [-0.39, 0.29) is 17.7 Å². The second kappa shape index (κ2) is 9.78. The van der Waals surface area contributed by atoms with Crippen LogP contribution in [0.1, 0.15) is 53.2 Å². The van der Waals surface area contributed by atoms with Crippen LogP contribution in [0.25, 0.3) is 22.4 Å². The number of carbonyl (C=O) groups is 2. The minimum absolute atomic E-state index is 0.0298. The smallest absolute Gasteiger partial charge is 0.259 e. The number of piperidine rings is 1. The second-order valence-electron chi connectivity index (χ2n) is 10.1. The second-order valence-corrected chi connectivity index (χ2v) is 10.1. The first-order chi connectivity index (χ1) is 18.0. The monoisotopic (exact) mass is 495 g/mol. The van der Waals surface area contributed by atoms with E-state index >= 15 is 0 Å². The molecule has 0 bridgehead atoms. The fourth-order valence-electron chi connectivity index (χ4n) is 5.11. The summed E-state index contributed by atoms with van der Waals surface area (Å²) in [7, 11) is 0. The van der Waals surface area contributed by atoms with Gasteiger partial charge in [0.2, 0.25) is 5.91 Å². The SMILES string of the molecule is NC(=O)C1CCN(Cc2cccc(NC(=O)c3cc(C4CC4)nc4onc(-c5ccccc5)c34)c2)CC1. The topological polar surface area (TPSA) is 114 Å². The summed E-state index contributed by atoms with van der Waals surface area (Å²) < 4.78 is 5.61. The Bertz CT molecular complexity index is 1450. The molecule has 0 atom stereocenters. The molecule has 2 fully saturated rings. The highest BCUT2D eigenvalue weighted by molar-refractivity contribution is 6.14. The number of rotatable bonds is 7. The number of primary amides is 1. The van der Waals surface area contributed by atoms with Crippen molar-refractivity contribution < 1.29 is 14.1 Å². The van der Waals surface area contributed by atoms with Crippen LogP contribution in [-0.2, 0) is 11.3 Å². The molecule has 8 heteroatoms. The molecule has 1 saturated heterocycles. The molecule has 0 unspecified atom stereocenters. The number of carbonyl (C=O) groups excluding carboxylic acids is 2. The Kier molecular flexibility index (Phi) is 6.18. The Morgan fingerprint density at radius 2 is 1.78 bits per heavy atom. The number of fused-ring (bicyclic) bond motifs is 1. The van der Waals surface area contributed by atoms with Crippen LogP contribution in [0.2, 0.25) is 0 Å². The fraction of sp³-hybridized carbons (Fsp3) is 0.310. The lowest BCUT2D eigenvalue weighted by Crippen LogP contribution is -2.38. The molecule has 2 aliphatic rings. The zero-order valence-electron chi connectivity index (χ0n) is 20.5. The van der Waals surface area contributed by atoms with Crippen LogP contribution in [0.15, 0.2) is 65.2 Å². The number of nitrogens with one attached hydrogen (secondary N) is 1. The van der Waals surface area contributed by atoms with Gasteiger partial charge in [0.25, 0.3) is 11.6 Å². The van der Waals surface area contributed by atoms with Gasteiger partial charge in [-0.05, 0) is 62.5 Å². The van der Waals surface area contributed by atoms with Crippen LogP contribution in [0, 0.1) is 5.92 Å². The quantitative estimate of drug-likeness (QED) is 0.384. The molecule has 1 aliphatic heterocycles. The number of aromatic nitrogens is 2. The zero-order chi connectivity index (χ0) is 25.4. The van der Waals surface area contributed by atoms with Crippen LogP contribution < -0.4 is 11.1 Å². The molecular formula is C29H29N5O3. The minimum atomic E-state index is -0.214. The van der Waals surface area contributed by atoms with Crippen molar-refractivity contribution in [3.63, 3.8) is 0 Å². The van der Waals surface area contributed by atoms with Gasteiger partial charge >= 0.3 is 0 Å². The van der Waals surface area contributed by atoms with Gasteiger partial charge in [-0.3, -0.25) is 14.5 Å². The molecule has 1 saturated carbocycles. The van der Waals surface area contributed by atoms with Gasteiger partial charge in [-0.15, -0.1) is 0 Å². The Morgan fingerprint density at radius 3 is 2.51 bits per heavy atom. The lowest BCUT2D eigenvalue weighted by atomic mass is 9.96. The molecule has 8 nitrogen and oxygen atoms in total. The number of likely N-dealkylation sites (tertiary alicyclic amines) is 1. The third-order valence-electron chi connectivity index (χ3n) is 7.33. The number of pyridine rings is 1. The van der Waals surface area contributed by atoms with Crippen molar-refractivity contribution >= 4 is 28.6 Å². The van der Waals surface area contributed by atoms with Crippen LogP contribution in [0.3, 0.4) is 0 Å². The van der Waals surface area contributed by atoms with E-state index < -0.39 is 0 Å². The maximum atomic E-state index is 13.6. The van der Waals surface area contributed by atoms with E-state index in [0.29, 0.717) is 28.3 Å². The van der Waals surface area contributed by atoms with Crippen molar-refractivity contribution in [3.8, 4) is 11.3 Å². The third-order valence-corrected chi connectivity index (χ3v) is 7.33. The summed E-state index contributed by atoms with van der Waals surface area (Å²) in [6, 6.07) is 19.5. The Hall–Kier alpha value is -4.04. The first-order valence-electron chi connectivity index (χ1n) is 12.8. The van der Waals surface area contributed by atoms with Gasteiger partial charge < -0.3 is 15.6 Å². The van der Waals surface area contributed by atoms with Crippen molar-refractivity contribution in [2.75, 3.05) is 18.4 Å². The molecular weight excluding hydrogens is 466 g/mol. The molecule has 0 radical (unpaired) electrons. The summed E-state index contributed by atoms with van der Waals surface area (Å²) in [4.78, 5) is 32.1. The van der Waals surface area contributed by atoms with Gasteiger partial charge in [0.1, 0.15) is 5.69 Å². The van der Waals surface area contributed by atoms with Gasteiger partial charge in [-0.1, -0.05) is 47.6 Å². The van der Waals surface area contributed by atoms with E-state index in [1.807, 2.05) is 54.6 Å². The fourth-order valence-corrected chi connectivity index (χ4v) is 5.11. The number of nitrogens with zero attached hydrogens (tertiary/aromatic N) is 3. The van der Waals surface area contributed by atoms with E-state index in [1.54, 1.807) is 0 Å². The molecule has 6 rings (SSSR count). The van der Waals surface area contributed by atoms with E-state index in [2.05, 4.69) is 26.4 Å². The number of benzene rings is 2. The number of nitrogens with two attached hydrogens (primary N) is 1. The molecule has 4 aromatic rings. The average molecular weight is 496 g/mol. The molecule has 37 heavy (non-hydrogen) atoms. The zero-order valence-corrected chi connectivity index (χ0v) is 20.5. The number of amides is 2. The van der Waals surface area contributed by atoms with Crippen molar-refractivity contribution in [1.29, 1.82) is 0 Å². The molecule has 2 amide bonds. The Morgan fingerprint density at radius 1 is 1.00 bits per heavy atom. The van der Waals surface area contributed by atoms with Gasteiger partial charge in [0.15, 0.2) is 0 Å². The summed E-state index contributed by atoms with van der Waals surface area (Å²) >= 11 is 0. The lowest BCUT2D eigenvalue weighted by molar-refractivity contribution is -0.123. The van der Waals surface area contributed by atoms with E-state index in [4.69, 9.17) is 10.3 Å². The number of hydrogen-bond acceptors (Lipinski definition) is 6. The first-order valence-corrected chi connectivity index (χ1v) is 12.8. The molecule has 2 aromatic carbocycles. The molecule has 188 valence electrons. The van der Waals surface area contributed by atoms with Crippen molar-refractivity contribution in [2.24, 2.45) is 11.7 Å². The van der Waals surface area contributed by atoms with Crippen LogP contribution >= 0.6 is 0 Å². The van der Waals surface area contributed by atoms with Crippen LogP contribution in [-0.4, -0.2) is 39.9 Å². The summed E-state index contributed by atoms with van der Waals surface area (Å²) in [6.07, 6.45) is 3.71. The van der Waals surface area contributed by atoms with Gasteiger partial charge in [-0.2, -0.15) is 0 Å². The minimum Gasteiger partial charge on any atom is -0.369 e. The Labute approximate surface area is 214 Å². The third kappa shape index (κ3) is 4.97. The summed E-state index contributed by atoms with van der Waals surface area (Å²) in [5.74, 6) is -0.0854. The van der Waals surface area contributed by atoms with Crippen molar-refractivity contribution in [1.82, 2.24) is 15.0 Å². The van der Waals surface area contributed by atoms with E-state index in [9.17, 15) is 9.59 Å². The molecule has 2 aromatic heterocycles. The predicted octanol–water partition coefficient (Wildman–Crippen LogP) is 4.72. The van der Waals surface area contributed by atoms with Gasteiger partial charge in [0, 0.05) is 35.3 Å². The Balaban J connectivity index is 1.25. The summed E-state index contributed by atoms with van der Waals surface area (Å²) in [6.45, 7) is 2.42. The maximum Gasteiger partial charge on any atom is 0.259 e. The average Bonchev–Trinajstić information content (AvgIpc) is 3.68. The summed E-state index contributed by atoms with van der Waals surface area (Å²) in [5.41, 5.74) is 10.6. The van der Waals surface area contributed by atoms with Crippen LogP contribution in [0.4, 0.5) is 5.69 Å². The van der Waals surface area contributed by atoms with E-state index in [0.717, 1.165) is 67.8 Å². The normalized spacial score (nSPS) is 16.6. The van der Waals surface area contributed by atoms with Crippen molar-refractivity contribution in [3.05, 3.63) is 77.5 Å². The van der Waals surface area contributed by atoms with Crippen LogP contribution in [0.5, 0.6) is 0 Å². The maximum absolute atomic E-state index is 13.6. The molecule has 3 N–H and O–H groups in total. The number of hydrogen-bond donors (Lipinski definition) is 2. The van der Waals surface area contributed by atoms with Gasteiger partial charge in [0.05, 0.1) is 10.9 Å². The van der Waals surface area contributed by atoms with E-state index in [1.165, 1.54) is 0 Å². The van der Waals surface area contributed by atoms with Gasteiger partial charge in [-0.25, -0.2) is 4.98 Å². The number of anilines is 1. The standard InChI is InChI=1S/C29H29N5O3/c30-27(35)21-11-13-34(14-12-21)17-18-5-4-8-22(15-18)31-28(36)23-16-24(19-9-10-19)32-29-25(23)26(33-37-29)20-6-2-1-3-7-20/h1-8,15-16,19,21H,9-14,17H2,(H2,30,35)(H,31,36). The van der Waals surface area contributed by atoms with Crippen molar-refractivity contribution in [2.45, 2.75) is 38.1 Å². The molecule has 3 heterocycles. The largest absolute Gasteiger partial charge is 0.369 e. The predicted molar refractivity (Wildman–Crippen MR) is 141 cm³/mol. The molecule has 1 aliphatic carbocycles. The highest BCUT2D eigenvalue weighted by Gasteiger charge is 2.29. The lowest BCUT2D eigenvalue weighted by Gasteiger charge is -2.30. The summed E-state index contributed by atoms with van der Waals surface area (Å²) in [5, 5.41) is 8.00. The first kappa shape index (κ1) is 23.4. The highest BCUT2D eigenvalue weighted by Crippen LogP contribution is 2.41.